The Hall–Kier alpha value is -1.41. The number of sulfonamides is 1. The van der Waals surface area contributed by atoms with E-state index in [0.29, 0.717) is 12.3 Å². The monoisotopic (exact) mass is 462 g/mol. The van der Waals surface area contributed by atoms with E-state index in [0.717, 1.165) is 43.8 Å². The molecule has 0 aromatic heterocycles. The number of benzene rings is 1. The van der Waals surface area contributed by atoms with E-state index >= 15 is 0 Å². The van der Waals surface area contributed by atoms with Gasteiger partial charge in [0.2, 0.25) is 10.0 Å². The van der Waals surface area contributed by atoms with E-state index in [1.165, 1.54) is 29.1 Å². The molecule has 2 aliphatic carbocycles. The summed E-state index contributed by atoms with van der Waals surface area (Å²) in [4.78, 5) is 2.53. The zero-order valence-electron chi connectivity index (χ0n) is 19.7. The van der Waals surface area contributed by atoms with Crippen LogP contribution in [0.4, 0.5) is 0 Å². The highest BCUT2D eigenvalue weighted by Crippen LogP contribution is 2.37. The van der Waals surface area contributed by atoms with Crippen LogP contribution >= 0.6 is 0 Å². The van der Waals surface area contributed by atoms with Crippen molar-refractivity contribution in [1.29, 1.82) is 0 Å². The van der Waals surface area contributed by atoms with Gasteiger partial charge in [-0.25, -0.2) is 8.42 Å². The number of nitrogens with zero attached hydrogens (tertiary/aromatic N) is 2. The summed E-state index contributed by atoms with van der Waals surface area (Å²) >= 11 is 0. The number of allylic oxidation sites excluding steroid dienone is 2. The molecule has 4 rings (SSSR count). The number of aliphatic hydroxyl groups is 1. The van der Waals surface area contributed by atoms with E-state index in [-0.39, 0.29) is 23.5 Å². The third-order valence-corrected chi connectivity index (χ3v) is 9.11. The molecule has 3 atom stereocenters. The van der Waals surface area contributed by atoms with E-state index in [9.17, 15) is 13.5 Å². The van der Waals surface area contributed by atoms with Gasteiger partial charge in [0.05, 0.1) is 6.61 Å². The van der Waals surface area contributed by atoms with Crippen LogP contribution in [0.3, 0.4) is 0 Å². The van der Waals surface area contributed by atoms with Gasteiger partial charge in [-0.3, -0.25) is 0 Å². The van der Waals surface area contributed by atoms with Crippen molar-refractivity contribution in [2.24, 2.45) is 11.8 Å². The molecule has 0 bridgehead atoms. The molecule has 1 aliphatic heterocycles. The zero-order chi connectivity index (χ0) is 22.9. The Labute approximate surface area is 193 Å². The van der Waals surface area contributed by atoms with Gasteiger partial charge in [-0.2, -0.15) is 4.31 Å². The topological polar surface area (TPSA) is 70.1 Å². The second kappa shape index (κ2) is 9.84. The highest BCUT2D eigenvalue weighted by atomic mass is 32.2. The third-order valence-electron chi connectivity index (χ3n) is 7.09. The van der Waals surface area contributed by atoms with Crippen LogP contribution in [-0.4, -0.2) is 68.2 Å². The molecule has 1 fully saturated rings. The maximum absolute atomic E-state index is 13.6. The lowest BCUT2D eigenvalue weighted by atomic mass is 9.93. The van der Waals surface area contributed by atoms with Crippen molar-refractivity contribution >= 4 is 15.6 Å². The molecule has 0 unspecified atom stereocenters. The highest BCUT2D eigenvalue weighted by Gasteiger charge is 2.38. The lowest BCUT2D eigenvalue weighted by Gasteiger charge is -2.37. The van der Waals surface area contributed by atoms with E-state index < -0.39 is 16.1 Å². The first kappa shape index (κ1) is 23.7. The number of rotatable bonds is 7. The molecule has 0 radical (unpaired) electrons. The van der Waals surface area contributed by atoms with Crippen LogP contribution in [0.15, 0.2) is 29.2 Å². The molecule has 178 valence electrons. The summed E-state index contributed by atoms with van der Waals surface area (Å²) in [6.07, 6.45) is 9.20. The first-order valence-corrected chi connectivity index (χ1v) is 13.5. The molecular weight excluding hydrogens is 424 g/mol. The second-order valence-corrected chi connectivity index (χ2v) is 11.9. The van der Waals surface area contributed by atoms with Crippen molar-refractivity contribution in [3.63, 3.8) is 0 Å². The fraction of sp³-hybridized carbons (Fsp3) is 0.680. The van der Waals surface area contributed by atoms with Gasteiger partial charge in [0.1, 0.15) is 16.7 Å². The Morgan fingerprint density at radius 1 is 1.25 bits per heavy atom. The van der Waals surface area contributed by atoms with Gasteiger partial charge in [-0.1, -0.05) is 19.1 Å². The molecule has 1 heterocycles. The van der Waals surface area contributed by atoms with Crippen molar-refractivity contribution in [2.75, 3.05) is 33.3 Å². The van der Waals surface area contributed by atoms with Gasteiger partial charge >= 0.3 is 0 Å². The maximum Gasteiger partial charge on any atom is 0.247 e. The molecule has 0 amide bonds. The largest absolute Gasteiger partial charge is 0.487 e. The Bertz CT molecular complexity index is 941. The summed E-state index contributed by atoms with van der Waals surface area (Å²) in [6.45, 7) is 5.76. The van der Waals surface area contributed by atoms with Crippen LogP contribution in [0.5, 0.6) is 5.75 Å². The normalized spacial score (nSPS) is 27.1. The summed E-state index contributed by atoms with van der Waals surface area (Å²) in [5.74, 6) is 1.22. The van der Waals surface area contributed by atoms with Crippen LogP contribution < -0.4 is 4.74 Å². The summed E-state index contributed by atoms with van der Waals surface area (Å²) in [7, 11) is -1.65. The Morgan fingerprint density at radius 2 is 2.03 bits per heavy atom. The molecule has 7 heteroatoms. The van der Waals surface area contributed by atoms with Gasteiger partial charge in [-0.15, -0.1) is 0 Å². The lowest BCUT2D eigenvalue weighted by Crippen LogP contribution is -2.49. The molecule has 0 saturated heterocycles. The molecule has 3 aliphatic rings. The Morgan fingerprint density at radius 3 is 2.69 bits per heavy atom. The molecule has 6 nitrogen and oxygen atoms in total. The number of likely N-dealkylation sites (N-methyl/N-ethyl adjacent to an activating group) is 1. The fourth-order valence-electron chi connectivity index (χ4n) is 4.87. The quantitative estimate of drug-likeness (QED) is 0.668. The summed E-state index contributed by atoms with van der Waals surface area (Å²) in [5, 5.41) is 9.79. The van der Waals surface area contributed by atoms with Crippen LogP contribution in [-0.2, 0) is 10.0 Å². The number of aliphatic hydroxyl groups excluding tert-OH is 1. The van der Waals surface area contributed by atoms with Crippen molar-refractivity contribution in [3.8, 4) is 5.75 Å². The van der Waals surface area contributed by atoms with Gasteiger partial charge < -0.3 is 14.7 Å². The predicted octanol–water partition coefficient (Wildman–Crippen LogP) is 3.75. The molecule has 0 spiro atoms. The summed E-state index contributed by atoms with van der Waals surface area (Å²) in [5.41, 5.74) is 2.33. The number of fused-ring (bicyclic) bond motifs is 1. The number of ether oxygens (including phenoxy) is 1. The second-order valence-electron chi connectivity index (χ2n) is 10.0. The SMILES string of the molecule is C[C@H]1CN([C@@H](C)CO)S(=O)(=O)c2ccc(C3=CCCCC3)cc2O[C@H]1CN(C)CC1CC1. The summed E-state index contributed by atoms with van der Waals surface area (Å²) in [6, 6.07) is 5.06. The highest BCUT2D eigenvalue weighted by molar-refractivity contribution is 7.89. The first-order valence-electron chi connectivity index (χ1n) is 12.1. The fourth-order valence-corrected chi connectivity index (χ4v) is 6.69. The van der Waals surface area contributed by atoms with E-state index in [4.69, 9.17) is 4.74 Å². The molecule has 1 N–H and O–H groups in total. The van der Waals surface area contributed by atoms with Gasteiger partial charge in [0, 0.05) is 31.6 Å². The number of hydrogen-bond donors (Lipinski definition) is 1. The van der Waals surface area contributed by atoms with E-state index in [1.807, 2.05) is 12.1 Å². The van der Waals surface area contributed by atoms with Gasteiger partial charge in [-0.05, 0) is 81.7 Å². The Kier molecular flexibility index (Phi) is 7.30. The van der Waals surface area contributed by atoms with E-state index in [2.05, 4.69) is 24.9 Å². The van der Waals surface area contributed by atoms with Crippen LogP contribution in [0.1, 0.15) is 57.9 Å². The minimum atomic E-state index is -3.78. The molecule has 1 aromatic carbocycles. The van der Waals surface area contributed by atoms with Crippen molar-refractivity contribution in [1.82, 2.24) is 9.21 Å². The zero-order valence-corrected chi connectivity index (χ0v) is 20.5. The van der Waals surface area contributed by atoms with Crippen LogP contribution in [0.25, 0.3) is 5.57 Å². The van der Waals surface area contributed by atoms with E-state index in [1.54, 1.807) is 13.0 Å². The minimum absolute atomic E-state index is 0.00821. The van der Waals surface area contributed by atoms with Crippen molar-refractivity contribution < 1.29 is 18.3 Å². The van der Waals surface area contributed by atoms with Crippen molar-refractivity contribution in [3.05, 3.63) is 29.8 Å². The average molecular weight is 463 g/mol. The Balaban J connectivity index is 1.71. The maximum atomic E-state index is 13.6. The molecule has 1 saturated carbocycles. The van der Waals surface area contributed by atoms with Crippen molar-refractivity contribution in [2.45, 2.75) is 69.4 Å². The van der Waals surface area contributed by atoms with Crippen LogP contribution in [0, 0.1) is 11.8 Å². The first-order chi connectivity index (χ1) is 15.3. The molecular formula is C25H38N2O4S. The van der Waals surface area contributed by atoms with Crippen LogP contribution in [0.2, 0.25) is 0 Å². The average Bonchev–Trinajstić information content (AvgIpc) is 3.59. The standard InChI is InChI=1S/C25H38N2O4S/c1-18-14-27(19(2)17-28)32(29,30)25-12-11-22(21-7-5-4-6-8-21)13-23(25)31-24(18)16-26(3)15-20-9-10-20/h7,11-13,18-20,24,28H,4-6,8-10,14-17H2,1-3H3/t18-,19-,24-/m0/s1. The third kappa shape index (κ3) is 5.22. The predicted molar refractivity (Wildman–Crippen MR) is 127 cm³/mol. The summed E-state index contributed by atoms with van der Waals surface area (Å²) < 4.78 is 35.2. The van der Waals surface area contributed by atoms with Gasteiger partial charge in [0.25, 0.3) is 0 Å². The van der Waals surface area contributed by atoms with Gasteiger partial charge in [0.15, 0.2) is 0 Å². The minimum Gasteiger partial charge on any atom is -0.487 e. The lowest BCUT2D eigenvalue weighted by molar-refractivity contribution is 0.0740. The number of hydrogen-bond acceptors (Lipinski definition) is 5. The molecule has 32 heavy (non-hydrogen) atoms. The molecule has 1 aromatic rings. The smallest absolute Gasteiger partial charge is 0.247 e.